The smallest absolute Gasteiger partial charge is 0.298 e. The number of carbonyl (C=O) groups excluding carboxylic acids is 3. The van der Waals surface area contributed by atoms with Crippen LogP contribution in [0.1, 0.15) is 42.0 Å². The van der Waals surface area contributed by atoms with Crippen molar-refractivity contribution in [1.82, 2.24) is 0 Å². The van der Waals surface area contributed by atoms with Crippen molar-refractivity contribution in [3.05, 3.63) is 58.7 Å². The van der Waals surface area contributed by atoms with E-state index in [1.165, 1.54) is 0 Å². The molecule has 0 fully saturated rings. The minimum atomic E-state index is -0.991. The lowest BCUT2D eigenvalue weighted by atomic mass is 9.69. The van der Waals surface area contributed by atoms with Gasteiger partial charge in [0.2, 0.25) is 5.91 Å². The second-order valence-corrected chi connectivity index (χ2v) is 6.59. The van der Waals surface area contributed by atoms with E-state index in [-0.39, 0.29) is 0 Å². The van der Waals surface area contributed by atoms with Crippen LogP contribution >= 0.6 is 0 Å². The fourth-order valence-corrected chi connectivity index (χ4v) is 4.09. The maximum atomic E-state index is 12.8. The molecule has 0 unspecified atom stereocenters. The van der Waals surface area contributed by atoms with Gasteiger partial charge in [-0.2, -0.15) is 0 Å². The minimum absolute atomic E-state index is 0.379. The van der Waals surface area contributed by atoms with Crippen LogP contribution in [0.25, 0.3) is 0 Å². The molecule has 2 N–H and O–H groups in total. The molecule has 0 bridgehead atoms. The number of amides is 1. The second-order valence-electron chi connectivity index (χ2n) is 6.59. The number of fused-ring (bicyclic) bond motifs is 2. The monoisotopic (exact) mass is 367 g/mol. The summed E-state index contributed by atoms with van der Waals surface area (Å²) in [6.07, 6.45) is 2.58. The van der Waals surface area contributed by atoms with Gasteiger partial charge in [-0.1, -0.05) is 25.5 Å². The van der Waals surface area contributed by atoms with E-state index in [4.69, 9.17) is 15.2 Å². The van der Waals surface area contributed by atoms with E-state index in [1.54, 1.807) is 24.3 Å². The highest BCUT2D eigenvalue weighted by Gasteiger charge is 2.44. The molecule has 0 atom stereocenters. The Morgan fingerprint density at radius 3 is 1.85 bits per heavy atom. The first-order valence-corrected chi connectivity index (χ1v) is 8.84. The Labute approximate surface area is 157 Å². The van der Waals surface area contributed by atoms with Crippen molar-refractivity contribution < 1.29 is 23.9 Å². The molecule has 0 saturated heterocycles. The summed E-state index contributed by atoms with van der Waals surface area (Å²) in [7, 11) is 0. The third-order valence-electron chi connectivity index (χ3n) is 5.15. The van der Waals surface area contributed by atoms with Gasteiger partial charge >= 0.3 is 0 Å². The summed E-state index contributed by atoms with van der Waals surface area (Å²) >= 11 is 0. The Bertz CT molecular complexity index is 829. The number of aryl methyl sites for hydroxylation is 2. The molecule has 0 saturated carbocycles. The predicted molar refractivity (Wildman–Crippen MR) is 98.6 cm³/mol. The van der Waals surface area contributed by atoms with Gasteiger partial charge in [-0.25, -0.2) is 0 Å². The Morgan fingerprint density at radius 2 is 1.48 bits per heavy atom. The maximum absolute atomic E-state index is 12.8. The Kier molecular flexibility index (Phi) is 5.26. The molecule has 0 spiro atoms. The third-order valence-corrected chi connectivity index (χ3v) is 5.15. The standard InChI is InChI=1S/C21H21NO5/c1-2-9-21(20(22)25)18-7-5-16(26-12-23)10-14(18)3-4-15-11-17(27-13-24)6-8-19(15)21/h5-8,10-13H,2-4,9H2,1H3,(H2,22,25). The Balaban J connectivity index is 2.26. The summed E-state index contributed by atoms with van der Waals surface area (Å²) in [5.74, 6) is 0.422. The van der Waals surface area contributed by atoms with Crippen molar-refractivity contribution in [3.8, 4) is 11.5 Å². The molecule has 1 amide bonds. The molecule has 1 aliphatic rings. The number of primary amides is 1. The van der Waals surface area contributed by atoms with Gasteiger partial charge < -0.3 is 15.2 Å². The average molecular weight is 367 g/mol. The van der Waals surface area contributed by atoms with Gasteiger partial charge in [0.15, 0.2) is 0 Å². The first kappa shape index (κ1) is 18.6. The molecular weight excluding hydrogens is 346 g/mol. The van der Waals surface area contributed by atoms with Crippen molar-refractivity contribution in [2.24, 2.45) is 5.73 Å². The van der Waals surface area contributed by atoms with Crippen molar-refractivity contribution in [1.29, 1.82) is 0 Å². The molecule has 27 heavy (non-hydrogen) atoms. The van der Waals surface area contributed by atoms with Gasteiger partial charge in [-0.05, 0) is 65.8 Å². The number of nitrogens with two attached hydrogens (primary N) is 1. The molecule has 2 aromatic carbocycles. The molecular formula is C21H21NO5. The highest BCUT2D eigenvalue weighted by Crippen LogP contribution is 2.44. The van der Waals surface area contributed by atoms with Gasteiger partial charge in [0.25, 0.3) is 12.9 Å². The molecule has 140 valence electrons. The van der Waals surface area contributed by atoms with Crippen LogP contribution in [0.5, 0.6) is 11.5 Å². The van der Waals surface area contributed by atoms with Gasteiger partial charge in [0.1, 0.15) is 11.5 Å². The quantitative estimate of drug-likeness (QED) is 0.758. The van der Waals surface area contributed by atoms with Gasteiger partial charge in [-0.3, -0.25) is 14.4 Å². The molecule has 3 rings (SSSR count). The number of rotatable bonds is 7. The molecule has 0 aromatic heterocycles. The summed E-state index contributed by atoms with van der Waals surface area (Å²) in [6, 6.07) is 10.6. The lowest BCUT2D eigenvalue weighted by Crippen LogP contribution is -2.43. The van der Waals surface area contributed by atoms with Crippen molar-refractivity contribution >= 4 is 18.9 Å². The van der Waals surface area contributed by atoms with Crippen LogP contribution in [-0.2, 0) is 32.6 Å². The minimum Gasteiger partial charge on any atom is -0.429 e. The van der Waals surface area contributed by atoms with E-state index in [0.717, 1.165) is 28.7 Å². The molecule has 0 radical (unpaired) electrons. The summed E-state index contributed by atoms with van der Waals surface area (Å²) in [6.45, 7) is 2.76. The number of carbonyl (C=O) groups is 3. The fourth-order valence-electron chi connectivity index (χ4n) is 4.09. The van der Waals surface area contributed by atoms with E-state index in [0.29, 0.717) is 43.7 Å². The van der Waals surface area contributed by atoms with E-state index in [9.17, 15) is 14.4 Å². The zero-order valence-corrected chi connectivity index (χ0v) is 15.1. The van der Waals surface area contributed by atoms with Crippen LogP contribution in [-0.4, -0.2) is 18.9 Å². The largest absolute Gasteiger partial charge is 0.429 e. The maximum Gasteiger partial charge on any atom is 0.298 e. The van der Waals surface area contributed by atoms with Crippen LogP contribution in [0.2, 0.25) is 0 Å². The van der Waals surface area contributed by atoms with Crippen LogP contribution in [0.15, 0.2) is 36.4 Å². The van der Waals surface area contributed by atoms with Crippen LogP contribution in [0.4, 0.5) is 0 Å². The van der Waals surface area contributed by atoms with Crippen LogP contribution in [0.3, 0.4) is 0 Å². The van der Waals surface area contributed by atoms with E-state index < -0.39 is 11.3 Å². The number of hydrogen-bond donors (Lipinski definition) is 1. The molecule has 6 heteroatoms. The summed E-state index contributed by atoms with van der Waals surface area (Å²) in [5.41, 5.74) is 8.46. The van der Waals surface area contributed by atoms with E-state index in [2.05, 4.69) is 0 Å². The SMILES string of the molecule is CCCC1(C(N)=O)c2ccc(OC=O)cc2CCc2cc(OC=O)ccc21. The normalized spacial score (nSPS) is 14.3. The van der Waals surface area contributed by atoms with Gasteiger partial charge in [0.05, 0.1) is 5.41 Å². The van der Waals surface area contributed by atoms with Crippen LogP contribution in [0, 0.1) is 0 Å². The summed E-state index contributed by atoms with van der Waals surface area (Å²) < 4.78 is 9.95. The van der Waals surface area contributed by atoms with Crippen LogP contribution < -0.4 is 15.2 Å². The molecule has 0 aliphatic heterocycles. The Morgan fingerprint density at radius 1 is 1.00 bits per heavy atom. The molecule has 0 heterocycles. The average Bonchev–Trinajstić information content (AvgIpc) is 2.78. The summed E-state index contributed by atoms with van der Waals surface area (Å²) in [4.78, 5) is 34.2. The van der Waals surface area contributed by atoms with Gasteiger partial charge in [-0.15, -0.1) is 0 Å². The lowest BCUT2D eigenvalue weighted by molar-refractivity contribution is -0.123. The topological polar surface area (TPSA) is 95.7 Å². The number of benzene rings is 2. The molecule has 2 aromatic rings. The number of hydrogen-bond acceptors (Lipinski definition) is 5. The van der Waals surface area contributed by atoms with Crippen molar-refractivity contribution in [2.45, 2.75) is 38.0 Å². The highest BCUT2D eigenvalue weighted by molar-refractivity contribution is 5.92. The predicted octanol–water partition coefficient (Wildman–Crippen LogP) is 2.43. The molecule has 1 aliphatic carbocycles. The third kappa shape index (κ3) is 3.18. The van der Waals surface area contributed by atoms with Crippen molar-refractivity contribution in [3.63, 3.8) is 0 Å². The number of ether oxygens (including phenoxy) is 2. The fraction of sp³-hybridized carbons (Fsp3) is 0.286. The van der Waals surface area contributed by atoms with Crippen molar-refractivity contribution in [2.75, 3.05) is 0 Å². The Hall–Kier alpha value is -3.15. The van der Waals surface area contributed by atoms with E-state index >= 15 is 0 Å². The van der Waals surface area contributed by atoms with E-state index in [1.807, 2.05) is 19.1 Å². The summed E-state index contributed by atoms with van der Waals surface area (Å²) in [5, 5.41) is 0. The highest BCUT2D eigenvalue weighted by atomic mass is 16.5. The first-order chi connectivity index (χ1) is 13.1. The lowest BCUT2D eigenvalue weighted by Gasteiger charge is -2.33. The first-order valence-electron chi connectivity index (χ1n) is 8.84. The van der Waals surface area contributed by atoms with Gasteiger partial charge in [0, 0.05) is 0 Å². The second kappa shape index (κ2) is 7.61. The molecule has 6 nitrogen and oxygen atoms in total. The zero-order chi connectivity index (χ0) is 19.4. The zero-order valence-electron chi connectivity index (χ0n) is 15.1.